The summed E-state index contributed by atoms with van der Waals surface area (Å²) < 4.78 is 5.10. The summed E-state index contributed by atoms with van der Waals surface area (Å²) in [5.41, 5.74) is 1.83. The molecule has 0 unspecified atom stereocenters. The van der Waals surface area contributed by atoms with Crippen LogP contribution in [0.5, 0.6) is 0 Å². The minimum Gasteiger partial charge on any atom is -0.452 e. The highest BCUT2D eigenvalue weighted by atomic mass is 35.5. The molecule has 0 bridgehead atoms. The average Bonchev–Trinajstić information content (AvgIpc) is 3.05. The van der Waals surface area contributed by atoms with Gasteiger partial charge in [-0.2, -0.15) is 0 Å². The lowest BCUT2D eigenvalue weighted by Gasteiger charge is -2.15. The second-order valence-electron chi connectivity index (χ2n) is 7.81. The number of nitrogens with zero attached hydrogens (tertiary/aromatic N) is 1. The molecule has 4 rings (SSSR count). The number of fused-ring (bicyclic) bond motifs is 1. The first-order valence-electron chi connectivity index (χ1n) is 10.2. The second kappa shape index (κ2) is 8.96. The van der Waals surface area contributed by atoms with Crippen molar-refractivity contribution in [1.29, 1.82) is 0 Å². The van der Waals surface area contributed by atoms with Gasteiger partial charge < -0.3 is 10.1 Å². The molecule has 1 aliphatic carbocycles. The van der Waals surface area contributed by atoms with Crippen molar-refractivity contribution in [3.05, 3.63) is 70.8 Å². The summed E-state index contributed by atoms with van der Waals surface area (Å²) >= 11 is 6.04. The summed E-state index contributed by atoms with van der Waals surface area (Å²) in [5.74, 6) is -2.49. The van der Waals surface area contributed by atoms with Crippen molar-refractivity contribution in [3.8, 4) is 0 Å². The smallest absolute Gasteiger partial charge is 0.338 e. The average molecular weight is 453 g/mol. The van der Waals surface area contributed by atoms with Crippen LogP contribution < -0.4 is 10.2 Å². The highest BCUT2D eigenvalue weighted by Crippen LogP contribution is 2.37. The molecule has 0 spiro atoms. The number of esters is 1. The number of imide groups is 1. The molecular weight excluding hydrogens is 432 g/mol. The van der Waals surface area contributed by atoms with E-state index < -0.39 is 18.5 Å². The predicted octanol–water partition coefficient (Wildman–Crippen LogP) is 3.90. The maximum absolute atomic E-state index is 12.8. The van der Waals surface area contributed by atoms with Gasteiger partial charge in [0.15, 0.2) is 6.61 Å². The lowest BCUT2D eigenvalue weighted by molar-refractivity contribution is -0.122. The van der Waals surface area contributed by atoms with Crippen LogP contribution in [0, 0.1) is 18.8 Å². The van der Waals surface area contributed by atoms with Gasteiger partial charge >= 0.3 is 5.97 Å². The van der Waals surface area contributed by atoms with Gasteiger partial charge in [-0.05, 0) is 55.7 Å². The summed E-state index contributed by atoms with van der Waals surface area (Å²) in [5, 5.41) is 3.12. The van der Waals surface area contributed by atoms with Crippen molar-refractivity contribution in [1.82, 2.24) is 0 Å². The van der Waals surface area contributed by atoms with Crippen molar-refractivity contribution >= 4 is 46.7 Å². The van der Waals surface area contributed by atoms with E-state index >= 15 is 0 Å². The van der Waals surface area contributed by atoms with Crippen LogP contribution >= 0.6 is 11.6 Å². The zero-order chi connectivity index (χ0) is 22.8. The number of halogens is 1. The molecule has 8 heteroatoms. The quantitative estimate of drug-likeness (QED) is 0.422. The lowest BCUT2D eigenvalue weighted by atomic mass is 9.85. The largest absolute Gasteiger partial charge is 0.452 e. The van der Waals surface area contributed by atoms with Crippen LogP contribution in [0.25, 0.3) is 0 Å². The van der Waals surface area contributed by atoms with Gasteiger partial charge in [0.05, 0.1) is 23.1 Å². The molecule has 0 radical (unpaired) electrons. The third-order valence-electron chi connectivity index (χ3n) is 5.64. The molecular formula is C24H21ClN2O5. The minimum atomic E-state index is -0.734. The number of benzene rings is 2. The Morgan fingerprint density at radius 3 is 2.41 bits per heavy atom. The van der Waals surface area contributed by atoms with Crippen molar-refractivity contribution in [2.24, 2.45) is 11.8 Å². The van der Waals surface area contributed by atoms with E-state index in [0.717, 1.165) is 10.5 Å². The normalized spacial score (nSPS) is 19.6. The topological polar surface area (TPSA) is 92.8 Å². The van der Waals surface area contributed by atoms with Crippen LogP contribution in [-0.4, -0.2) is 30.3 Å². The van der Waals surface area contributed by atoms with Crippen LogP contribution in [0.1, 0.15) is 28.8 Å². The van der Waals surface area contributed by atoms with Crippen LogP contribution in [0.2, 0.25) is 5.02 Å². The highest BCUT2D eigenvalue weighted by Gasteiger charge is 2.47. The summed E-state index contributed by atoms with van der Waals surface area (Å²) in [6.45, 7) is 1.35. The van der Waals surface area contributed by atoms with Crippen molar-refractivity contribution in [2.45, 2.75) is 19.8 Å². The Balaban J connectivity index is 1.40. The highest BCUT2D eigenvalue weighted by molar-refractivity contribution is 6.31. The molecule has 1 saturated heterocycles. The zero-order valence-electron chi connectivity index (χ0n) is 17.3. The molecule has 2 aromatic rings. The zero-order valence-corrected chi connectivity index (χ0v) is 18.1. The van der Waals surface area contributed by atoms with Gasteiger partial charge in [0.2, 0.25) is 11.8 Å². The van der Waals surface area contributed by atoms with E-state index in [0.29, 0.717) is 29.2 Å². The molecule has 1 fully saturated rings. The molecule has 164 valence electrons. The number of hydrogen-bond acceptors (Lipinski definition) is 5. The molecule has 0 aromatic heterocycles. The second-order valence-corrected chi connectivity index (χ2v) is 8.21. The number of amides is 3. The summed E-state index contributed by atoms with van der Waals surface area (Å²) in [7, 11) is 0. The van der Waals surface area contributed by atoms with E-state index in [1.165, 1.54) is 12.1 Å². The standard InChI is InChI=1S/C24H21ClN2O5/c1-14-9-10-16(12-20(14)25)26-21(28)13-32-24(31)15-5-4-6-17(11-15)27-22(29)18-7-2-3-8-19(18)23(27)30/h2-6,9-12,18-19H,7-8,13H2,1H3,(H,26,28)/t18-,19-/m0/s1. The number of rotatable bonds is 5. The number of allylic oxidation sites excluding steroid dienone is 2. The van der Waals surface area contributed by atoms with Crippen LogP contribution in [-0.2, 0) is 19.1 Å². The summed E-state index contributed by atoms with van der Waals surface area (Å²) in [6.07, 6.45) is 4.90. The fourth-order valence-corrected chi connectivity index (χ4v) is 4.09. The van der Waals surface area contributed by atoms with E-state index in [4.69, 9.17) is 16.3 Å². The minimum absolute atomic E-state index is 0.141. The number of aryl methyl sites for hydroxylation is 1. The third-order valence-corrected chi connectivity index (χ3v) is 6.04. The molecule has 1 N–H and O–H groups in total. The van der Waals surface area contributed by atoms with Gasteiger partial charge in [-0.3, -0.25) is 19.3 Å². The van der Waals surface area contributed by atoms with Gasteiger partial charge in [0, 0.05) is 10.7 Å². The molecule has 2 aliphatic rings. The fraction of sp³-hybridized carbons (Fsp3) is 0.250. The summed E-state index contributed by atoms with van der Waals surface area (Å²) in [4.78, 5) is 51.2. The Labute approximate surface area is 190 Å². The Morgan fingerprint density at radius 2 is 1.75 bits per heavy atom. The summed E-state index contributed by atoms with van der Waals surface area (Å²) in [6, 6.07) is 11.2. The van der Waals surface area contributed by atoms with Crippen molar-refractivity contribution in [2.75, 3.05) is 16.8 Å². The van der Waals surface area contributed by atoms with Gasteiger partial charge in [0.1, 0.15) is 0 Å². The molecule has 3 amide bonds. The Hall–Kier alpha value is -3.45. The molecule has 7 nitrogen and oxygen atoms in total. The van der Waals surface area contributed by atoms with Gasteiger partial charge in [-0.25, -0.2) is 4.79 Å². The first-order valence-corrected chi connectivity index (χ1v) is 10.6. The number of ether oxygens (including phenoxy) is 1. The SMILES string of the molecule is Cc1ccc(NC(=O)COC(=O)c2cccc(N3C(=O)[C@H]4CC=CC[C@@H]4C3=O)c2)cc1Cl. The van der Waals surface area contributed by atoms with E-state index in [1.54, 1.807) is 30.3 Å². The van der Waals surface area contributed by atoms with E-state index in [2.05, 4.69) is 5.32 Å². The van der Waals surface area contributed by atoms with Gasteiger partial charge in [-0.1, -0.05) is 35.9 Å². The number of carbonyl (C=O) groups excluding carboxylic acids is 4. The van der Waals surface area contributed by atoms with E-state index in [9.17, 15) is 19.2 Å². The van der Waals surface area contributed by atoms with Crippen LogP contribution in [0.15, 0.2) is 54.6 Å². The van der Waals surface area contributed by atoms with Crippen LogP contribution in [0.4, 0.5) is 11.4 Å². The van der Waals surface area contributed by atoms with E-state index in [1.807, 2.05) is 19.1 Å². The number of anilines is 2. The molecule has 32 heavy (non-hydrogen) atoms. The lowest BCUT2D eigenvalue weighted by Crippen LogP contribution is -2.31. The van der Waals surface area contributed by atoms with Crippen LogP contribution in [0.3, 0.4) is 0 Å². The molecule has 1 aliphatic heterocycles. The monoisotopic (exact) mass is 452 g/mol. The predicted molar refractivity (Wildman–Crippen MR) is 119 cm³/mol. The first kappa shape index (κ1) is 21.8. The Morgan fingerprint density at radius 1 is 1.06 bits per heavy atom. The third kappa shape index (κ3) is 4.29. The number of nitrogens with one attached hydrogen (secondary N) is 1. The number of hydrogen-bond donors (Lipinski definition) is 1. The Kier molecular flexibility index (Phi) is 6.10. The number of carbonyl (C=O) groups is 4. The molecule has 2 atom stereocenters. The van der Waals surface area contributed by atoms with Gasteiger partial charge in [0.25, 0.3) is 5.91 Å². The fourth-order valence-electron chi connectivity index (χ4n) is 3.91. The van der Waals surface area contributed by atoms with Crippen molar-refractivity contribution in [3.63, 3.8) is 0 Å². The molecule has 2 aromatic carbocycles. The Bertz CT molecular complexity index is 1120. The maximum Gasteiger partial charge on any atom is 0.338 e. The van der Waals surface area contributed by atoms with Crippen molar-refractivity contribution < 1.29 is 23.9 Å². The first-order chi connectivity index (χ1) is 15.3. The van der Waals surface area contributed by atoms with Gasteiger partial charge in [-0.15, -0.1) is 0 Å². The molecule has 0 saturated carbocycles. The van der Waals surface area contributed by atoms with E-state index in [-0.39, 0.29) is 29.2 Å². The maximum atomic E-state index is 12.8. The molecule has 1 heterocycles.